The number of benzene rings is 2. The highest BCUT2D eigenvalue weighted by atomic mass is 35.5. The summed E-state index contributed by atoms with van der Waals surface area (Å²) in [6, 6.07) is 14.7. The molecule has 116 valence electrons. The minimum atomic E-state index is -0.483. The third-order valence-corrected chi connectivity index (χ3v) is 4.02. The summed E-state index contributed by atoms with van der Waals surface area (Å²) < 4.78 is 1.30. The molecule has 0 saturated heterocycles. The minimum absolute atomic E-state index is 0.318. The van der Waals surface area contributed by atoms with Crippen molar-refractivity contribution in [1.29, 1.82) is 0 Å². The number of nitrogens with two attached hydrogens (primary N) is 1. The summed E-state index contributed by atoms with van der Waals surface area (Å²) in [6.07, 6.45) is 2.08. The van der Waals surface area contributed by atoms with Crippen LogP contribution < -0.4 is 11.4 Å². The number of hydrogen-bond acceptors (Lipinski definition) is 3. The normalized spacial score (nSPS) is 10.7. The lowest BCUT2D eigenvalue weighted by molar-refractivity contribution is 0.902. The second-order valence-electron chi connectivity index (χ2n) is 5.04. The summed E-state index contributed by atoms with van der Waals surface area (Å²) in [5, 5.41) is 0.823. The lowest BCUT2D eigenvalue weighted by atomic mass is 10.1. The highest BCUT2D eigenvalue weighted by molar-refractivity contribution is 6.35. The Balaban J connectivity index is 2.11. The Labute approximate surface area is 143 Å². The topological polar surface area (TPSA) is 60.9 Å². The monoisotopic (exact) mass is 345 g/mol. The van der Waals surface area contributed by atoms with Gasteiger partial charge in [0.15, 0.2) is 0 Å². The minimum Gasteiger partial charge on any atom is -0.384 e. The number of nitrogen functional groups attached to an aromatic ring is 1. The first-order chi connectivity index (χ1) is 11.1. The van der Waals surface area contributed by atoms with E-state index in [-0.39, 0.29) is 0 Å². The van der Waals surface area contributed by atoms with Gasteiger partial charge in [-0.1, -0.05) is 53.5 Å². The van der Waals surface area contributed by atoms with Gasteiger partial charge in [-0.05, 0) is 23.8 Å². The zero-order valence-electron chi connectivity index (χ0n) is 12.0. The van der Waals surface area contributed by atoms with Gasteiger partial charge in [0.25, 0.3) is 0 Å². The highest BCUT2D eigenvalue weighted by Gasteiger charge is 2.13. The van der Waals surface area contributed by atoms with Gasteiger partial charge in [0.1, 0.15) is 5.82 Å². The van der Waals surface area contributed by atoms with Crippen molar-refractivity contribution in [2.24, 2.45) is 0 Å². The van der Waals surface area contributed by atoms with Gasteiger partial charge in [0, 0.05) is 23.2 Å². The zero-order chi connectivity index (χ0) is 16.4. The largest absolute Gasteiger partial charge is 0.384 e. The van der Waals surface area contributed by atoms with Crippen LogP contribution in [0.15, 0.2) is 59.5 Å². The molecule has 0 radical (unpaired) electrons. The Kier molecular flexibility index (Phi) is 4.37. The molecule has 0 atom stereocenters. The molecule has 0 fully saturated rings. The summed E-state index contributed by atoms with van der Waals surface area (Å²) in [7, 11) is 0. The number of rotatable bonds is 3. The van der Waals surface area contributed by atoms with Gasteiger partial charge in [-0.15, -0.1) is 0 Å². The van der Waals surface area contributed by atoms with Crippen LogP contribution in [0.4, 0.5) is 5.82 Å². The standard InChI is InChI=1S/C17H13Cl2N3O/c18-13-6-7-15(14(19)9-13)22-16(20)12(10-21-17(22)23)8-11-4-2-1-3-5-11/h1-7,9-10H,8,20H2. The molecule has 3 rings (SSSR count). The molecule has 0 unspecified atom stereocenters. The van der Waals surface area contributed by atoms with E-state index < -0.39 is 5.69 Å². The zero-order valence-corrected chi connectivity index (χ0v) is 13.6. The SMILES string of the molecule is Nc1c(Cc2ccccc2)cnc(=O)n1-c1ccc(Cl)cc1Cl. The average molecular weight is 346 g/mol. The van der Waals surface area contributed by atoms with Crippen molar-refractivity contribution in [2.75, 3.05) is 5.73 Å². The van der Waals surface area contributed by atoms with Crippen LogP contribution in [0.3, 0.4) is 0 Å². The van der Waals surface area contributed by atoms with Crippen LogP contribution >= 0.6 is 23.2 Å². The molecule has 1 heterocycles. The van der Waals surface area contributed by atoms with E-state index in [0.717, 1.165) is 11.1 Å². The first-order valence-corrected chi connectivity index (χ1v) is 7.67. The van der Waals surface area contributed by atoms with E-state index in [2.05, 4.69) is 4.98 Å². The first-order valence-electron chi connectivity index (χ1n) is 6.92. The van der Waals surface area contributed by atoms with Crippen LogP contribution in [-0.4, -0.2) is 9.55 Å². The molecule has 0 spiro atoms. The first kappa shape index (κ1) is 15.6. The fourth-order valence-corrected chi connectivity index (χ4v) is 2.84. The molecule has 0 aliphatic rings. The molecule has 0 aliphatic carbocycles. The van der Waals surface area contributed by atoms with Gasteiger partial charge < -0.3 is 5.73 Å². The van der Waals surface area contributed by atoms with E-state index in [0.29, 0.717) is 28.0 Å². The summed E-state index contributed by atoms with van der Waals surface area (Å²) >= 11 is 12.1. The molecule has 2 aromatic carbocycles. The van der Waals surface area contributed by atoms with Crippen molar-refractivity contribution in [3.05, 3.63) is 86.4 Å². The summed E-state index contributed by atoms with van der Waals surface area (Å²) in [5.41, 5.74) is 8.01. The van der Waals surface area contributed by atoms with Gasteiger partial charge in [-0.2, -0.15) is 0 Å². The quantitative estimate of drug-likeness (QED) is 0.786. The molecule has 3 aromatic rings. The second-order valence-corrected chi connectivity index (χ2v) is 5.89. The number of halogens is 2. The van der Waals surface area contributed by atoms with Gasteiger partial charge >= 0.3 is 5.69 Å². The smallest absolute Gasteiger partial charge is 0.353 e. The molecule has 4 nitrogen and oxygen atoms in total. The van der Waals surface area contributed by atoms with Crippen LogP contribution in [0, 0.1) is 0 Å². The Morgan fingerprint density at radius 3 is 2.52 bits per heavy atom. The van der Waals surface area contributed by atoms with E-state index in [1.165, 1.54) is 10.8 Å². The van der Waals surface area contributed by atoms with Crippen LogP contribution in [0.25, 0.3) is 5.69 Å². The van der Waals surface area contributed by atoms with Crippen LogP contribution in [0.2, 0.25) is 10.0 Å². The van der Waals surface area contributed by atoms with Crippen LogP contribution in [-0.2, 0) is 6.42 Å². The van der Waals surface area contributed by atoms with Crippen molar-refractivity contribution >= 4 is 29.0 Å². The Bertz CT molecular complexity index is 907. The second kappa shape index (κ2) is 6.44. The maximum absolute atomic E-state index is 12.2. The lowest BCUT2D eigenvalue weighted by Crippen LogP contribution is -2.25. The molecule has 0 amide bonds. The number of anilines is 1. The van der Waals surface area contributed by atoms with Crippen molar-refractivity contribution in [3.63, 3.8) is 0 Å². The molecular weight excluding hydrogens is 333 g/mol. The maximum atomic E-state index is 12.2. The van der Waals surface area contributed by atoms with Gasteiger partial charge in [-0.3, -0.25) is 0 Å². The molecular formula is C17H13Cl2N3O. The number of nitrogens with zero attached hydrogens (tertiary/aromatic N) is 2. The summed E-state index contributed by atoms with van der Waals surface area (Å²) in [5.74, 6) is 0.318. The number of aromatic nitrogens is 2. The van der Waals surface area contributed by atoms with Gasteiger partial charge in [-0.25, -0.2) is 14.3 Å². The highest BCUT2D eigenvalue weighted by Crippen LogP contribution is 2.26. The molecule has 2 N–H and O–H groups in total. The number of hydrogen-bond donors (Lipinski definition) is 1. The summed E-state index contributed by atoms with van der Waals surface area (Å²) in [4.78, 5) is 16.1. The van der Waals surface area contributed by atoms with E-state index in [1.54, 1.807) is 18.2 Å². The summed E-state index contributed by atoms with van der Waals surface area (Å²) in [6.45, 7) is 0. The van der Waals surface area contributed by atoms with Crippen molar-refractivity contribution < 1.29 is 0 Å². The van der Waals surface area contributed by atoms with Crippen molar-refractivity contribution in [3.8, 4) is 5.69 Å². The van der Waals surface area contributed by atoms with Gasteiger partial charge in [0.2, 0.25) is 0 Å². The third-order valence-electron chi connectivity index (χ3n) is 3.48. The molecule has 0 saturated carbocycles. The molecule has 1 aromatic heterocycles. The van der Waals surface area contributed by atoms with E-state index in [4.69, 9.17) is 28.9 Å². The van der Waals surface area contributed by atoms with Crippen molar-refractivity contribution in [2.45, 2.75) is 6.42 Å². The van der Waals surface area contributed by atoms with Crippen molar-refractivity contribution in [1.82, 2.24) is 9.55 Å². The Hall–Kier alpha value is -2.30. The molecule has 6 heteroatoms. The van der Waals surface area contributed by atoms with E-state index >= 15 is 0 Å². The Morgan fingerprint density at radius 2 is 1.83 bits per heavy atom. The predicted octanol–water partition coefficient (Wildman–Crippen LogP) is 3.71. The maximum Gasteiger partial charge on any atom is 0.353 e. The van der Waals surface area contributed by atoms with E-state index in [9.17, 15) is 4.79 Å². The Morgan fingerprint density at radius 1 is 1.09 bits per heavy atom. The predicted molar refractivity (Wildman–Crippen MR) is 93.5 cm³/mol. The van der Waals surface area contributed by atoms with Crippen LogP contribution in [0.5, 0.6) is 0 Å². The van der Waals surface area contributed by atoms with Gasteiger partial charge in [0.05, 0.1) is 10.7 Å². The van der Waals surface area contributed by atoms with E-state index in [1.807, 2.05) is 30.3 Å². The fraction of sp³-hybridized carbons (Fsp3) is 0.0588. The lowest BCUT2D eigenvalue weighted by Gasteiger charge is -2.14. The molecule has 0 aliphatic heterocycles. The average Bonchev–Trinajstić information content (AvgIpc) is 2.53. The molecule has 0 bridgehead atoms. The van der Waals surface area contributed by atoms with Crippen LogP contribution in [0.1, 0.15) is 11.1 Å². The molecule has 23 heavy (non-hydrogen) atoms. The fourth-order valence-electron chi connectivity index (χ4n) is 2.35. The third kappa shape index (κ3) is 3.23.